The van der Waals surface area contributed by atoms with Gasteiger partial charge in [0.25, 0.3) is 0 Å². The second kappa shape index (κ2) is 3.44. The molecule has 0 heterocycles. The molecule has 0 bridgehead atoms. The fourth-order valence-electron chi connectivity index (χ4n) is 0.996. The van der Waals surface area contributed by atoms with Crippen molar-refractivity contribution in [2.75, 3.05) is 7.11 Å². The fraction of sp³-hybridized carbons (Fsp3) is 0.714. The van der Waals surface area contributed by atoms with Gasteiger partial charge in [-0.1, -0.05) is 22.6 Å². The Labute approximate surface area is 69.6 Å². The largest absolute Gasteiger partial charge is 0.501 e. The van der Waals surface area contributed by atoms with Crippen LogP contribution in [-0.2, 0) is 4.74 Å². The van der Waals surface area contributed by atoms with E-state index in [1.54, 1.807) is 7.11 Å². The number of hydrogen-bond acceptors (Lipinski definition) is 1. The molecule has 0 aromatic carbocycles. The molecule has 0 spiro atoms. The fourth-order valence-corrected chi connectivity index (χ4v) is 1.79. The van der Waals surface area contributed by atoms with Crippen LogP contribution in [0.5, 0.6) is 0 Å². The summed E-state index contributed by atoms with van der Waals surface area (Å²) in [7, 11) is 1.75. The van der Waals surface area contributed by atoms with Crippen molar-refractivity contribution in [2.24, 2.45) is 0 Å². The van der Waals surface area contributed by atoms with E-state index >= 15 is 0 Å². The Morgan fingerprint density at radius 3 is 3.00 bits per heavy atom. The molecule has 0 amide bonds. The SMILES string of the molecule is COC1=CCCC(I)C1. The zero-order chi connectivity index (χ0) is 6.69. The lowest BCUT2D eigenvalue weighted by atomic mass is 10.1. The number of methoxy groups -OCH3 is 1. The Morgan fingerprint density at radius 2 is 2.56 bits per heavy atom. The van der Waals surface area contributed by atoms with E-state index in [1.165, 1.54) is 18.6 Å². The van der Waals surface area contributed by atoms with Gasteiger partial charge in [-0.3, -0.25) is 0 Å². The number of alkyl halides is 1. The van der Waals surface area contributed by atoms with Crippen molar-refractivity contribution >= 4 is 22.6 Å². The van der Waals surface area contributed by atoms with Gasteiger partial charge in [0.15, 0.2) is 0 Å². The highest BCUT2D eigenvalue weighted by Gasteiger charge is 2.11. The van der Waals surface area contributed by atoms with Crippen LogP contribution in [0, 0.1) is 0 Å². The standard InChI is InChI=1S/C7H11IO/c1-9-7-4-2-3-6(8)5-7/h4,6H,2-3,5H2,1H3. The van der Waals surface area contributed by atoms with Crippen LogP contribution >= 0.6 is 22.6 Å². The van der Waals surface area contributed by atoms with E-state index in [0.717, 1.165) is 10.3 Å². The zero-order valence-corrected chi connectivity index (χ0v) is 7.72. The van der Waals surface area contributed by atoms with E-state index < -0.39 is 0 Å². The lowest BCUT2D eigenvalue weighted by Crippen LogP contribution is -2.05. The maximum Gasteiger partial charge on any atom is 0.0926 e. The van der Waals surface area contributed by atoms with Crippen molar-refractivity contribution in [3.8, 4) is 0 Å². The summed E-state index contributed by atoms with van der Waals surface area (Å²) >= 11 is 2.47. The highest BCUT2D eigenvalue weighted by atomic mass is 127. The Kier molecular flexibility index (Phi) is 2.82. The van der Waals surface area contributed by atoms with Crippen LogP contribution in [0.2, 0.25) is 0 Å². The number of rotatable bonds is 1. The molecule has 0 N–H and O–H groups in total. The van der Waals surface area contributed by atoms with Gasteiger partial charge in [0, 0.05) is 10.3 Å². The third-order valence-electron chi connectivity index (χ3n) is 1.54. The van der Waals surface area contributed by atoms with E-state index in [-0.39, 0.29) is 0 Å². The summed E-state index contributed by atoms with van der Waals surface area (Å²) < 4.78 is 5.91. The molecular weight excluding hydrogens is 227 g/mol. The molecule has 52 valence electrons. The molecule has 0 aromatic rings. The first-order chi connectivity index (χ1) is 4.33. The summed E-state index contributed by atoms with van der Waals surface area (Å²) in [6.07, 6.45) is 5.82. The minimum atomic E-state index is 0.794. The van der Waals surface area contributed by atoms with Crippen LogP contribution in [0.25, 0.3) is 0 Å². The Balaban J connectivity index is 2.43. The molecule has 1 unspecified atom stereocenters. The zero-order valence-electron chi connectivity index (χ0n) is 5.56. The second-order valence-corrected chi connectivity index (χ2v) is 4.01. The van der Waals surface area contributed by atoms with E-state index in [9.17, 15) is 0 Å². The molecule has 0 saturated heterocycles. The maximum atomic E-state index is 5.12. The van der Waals surface area contributed by atoms with Crippen LogP contribution in [0.3, 0.4) is 0 Å². The third kappa shape index (κ3) is 2.16. The predicted molar refractivity (Wildman–Crippen MR) is 46.8 cm³/mol. The Hall–Kier alpha value is 0.270. The molecule has 1 nitrogen and oxygen atoms in total. The summed E-state index contributed by atoms with van der Waals surface area (Å²) in [4.78, 5) is 0. The lowest BCUT2D eigenvalue weighted by Gasteiger charge is -2.15. The molecule has 1 aliphatic carbocycles. The normalized spacial score (nSPS) is 27.3. The van der Waals surface area contributed by atoms with E-state index in [1.807, 2.05) is 0 Å². The van der Waals surface area contributed by atoms with Crippen molar-refractivity contribution in [2.45, 2.75) is 23.2 Å². The molecule has 0 saturated carbocycles. The molecule has 2 heteroatoms. The lowest BCUT2D eigenvalue weighted by molar-refractivity contribution is 0.269. The number of halogens is 1. The van der Waals surface area contributed by atoms with Gasteiger partial charge in [-0.25, -0.2) is 0 Å². The summed E-state index contributed by atoms with van der Waals surface area (Å²) in [6, 6.07) is 0. The minimum absolute atomic E-state index is 0.794. The second-order valence-electron chi connectivity index (χ2n) is 2.25. The van der Waals surface area contributed by atoms with Crippen LogP contribution in [-0.4, -0.2) is 11.0 Å². The van der Waals surface area contributed by atoms with E-state index in [0.29, 0.717) is 0 Å². The van der Waals surface area contributed by atoms with Crippen molar-refractivity contribution < 1.29 is 4.74 Å². The molecule has 1 rings (SSSR count). The summed E-state index contributed by atoms with van der Waals surface area (Å²) in [6.45, 7) is 0. The highest BCUT2D eigenvalue weighted by Crippen LogP contribution is 2.24. The smallest absolute Gasteiger partial charge is 0.0926 e. The molecule has 9 heavy (non-hydrogen) atoms. The third-order valence-corrected chi connectivity index (χ3v) is 2.60. The molecule has 1 atom stereocenters. The molecular formula is C7H11IO. The summed E-state index contributed by atoms with van der Waals surface area (Å²) in [5, 5.41) is 0. The number of ether oxygens (including phenoxy) is 1. The van der Waals surface area contributed by atoms with Gasteiger partial charge in [0.05, 0.1) is 12.9 Å². The minimum Gasteiger partial charge on any atom is -0.501 e. The van der Waals surface area contributed by atoms with Crippen molar-refractivity contribution in [1.82, 2.24) is 0 Å². The predicted octanol–water partition coefficient (Wildman–Crippen LogP) is 2.50. The van der Waals surface area contributed by atoms with Gasteiger partial charge in [0.1, 0.15) is 0 Å². The van der Waals surface area contributed by atoms with E-state index in [4.69, 9.17) is 4.74 Å². The topological polar surface area (TPSA) is 9.23 Å². The molecule has 1 aliphatic rings. The van der Waals surface area contributed by atoms with Crippen LogP contribution in [0.4, 0.5) is 0 Å². The maximum absolute atomic E-state index is 5.12. The average Bonchev–Trinajstić information content (AvgIpc) is 1.88. The van der Waals surface area contributed by atoms with Crippen molar-refractivity contribution in [1.29, 1.82) is 0 Å². The van der Waals surface area contributed by atoms with Gasteiger partial charge in [-0.2, -0.15) is 0 Å². The van der Waals surface area contributed by atoms with Crippen molar-refractivity contribution in [3.05, 3.63) is 11.8 Å². The number of hydrogen-bond donors (Lipinski definition) is 0. The van der Waals surface area contributed by atoms with Crippen molar-refractivity contribution in [3.63, 3.8) is 0 Å². The Morgan fingerprint density at radius 1 is 1.78 bits per heavy atom. The number of allylic oxidation sites excluding steroid dienone is 2. The quantitative estimate of drug-likeness (QED) is 0.503. The van der Waals surface area contributed by atoms with E-state index in [2.05, 4.69) is 28.7 Å². The van der Waals surface area contributed by atoms with Crippen LogP contribution in [0.15, 0.2) is 11.8 Å². The molecule has 0 aromatic heterocycles. The monoisotopic (exact) mass is 238 g/mol. The van der Waals surface area contributed by atoms with Crippen LogP contribution < -0.4 is 0 Å². The van der Waals surface area contributed by atoms with Gasteiger partial charge in [0.2, 0.25) is 0 Å². The highest BCUT2D eigenvalue weighted by molar-refractivity contribution is 14.1. The summed E-state index contributed by atoms with van der Waals surface area (Å²) in [5.74, 6) is 1.17. The first-order valence-electron chi connectivity index (χ1n) is 3.20. The van der Waals surface area contributed by atoms with Gasteiger partial charge in [-0.05, 0) is 18.9 Å². The van der Waals surface area contributed by atoms with Gasteiger partial charge in [-0.15, -0.1) is 0 Å². The summed E-state index contributed by atoms with van der Waals surface area (Å²) in [5.41, 5.74) is 0. The Bertz CT molecular complexity index is 120. The van der Waals surface area contributed by atoms with Crippen LogP contribution in [0.1, 0.15) is 19.3 Å². The molecule has 0 radical (unpaired) electrons. The first-order valence-corrected chi connectivity index (χ1v) is 4.44. The van der Waals surface area contributed by atoms with Gasteiger partial charge >= 0.3 is 0 Å². The first kappa shape index (κ1) is 7.38. The molecule has 0 aliphatic heterocycles. The average molecular weight is 238 g/mol. The molecule has 0 fully saturated rings. The van der Waals surface area contributed by atoms with Gasteiger partial charge < -0.3 is 4.74 Å².